The number of fused-ring (bicyclic) bond motifs is 1. The standard InChI is InChI=1S/C25H28BFN4O6/c26-24(7-6-21(32)29-23(24)34)31-14-18-17(22(31)33)2-1-3-20(18)28-13-15-4-5-16(12-19(15)27)25(35,36)30-8-10-37-11-9-30/h1-5,12,28,35-36H,6-11,13-14,26H2,(H,29,32,34). The van der Waals surface area contributed by atoms with Gasteiger partial charge in [-0.2, -0.15) is 0 Å². The molecule has 4 N–H and O–H groups in total. The van der Waals surface area contributed by atoms with Crippen LogP contribution in [0, 0.1) is 5.82 Å². The van der Waals surface area contributed by atoms with Gasteiger partial charge in [-0.05, 0) is 24.6 Å². The third kappa shape index (κ3) is 4.50. The van der Waals surface area contributed by atoms with E-state index in [1.807, 2.05) is 0 Å². The number of halogens is 1. The molecule has 0 bridgehead atoms. The van der Waals surface area contributed by atoms with Gasteiger partial charge in [0.1, 0.15) is 13.7 Å². The molecule has 5 rings (SSSR count). The zero-order valence-electron chi connectivity index (χ0n) is 20.4. The fourth-order valence-corrected chi connectivity index (χ4v) is 5.10. The molecule has 3 aliphatic heterocycles. The van der Waals surface area contributed by atoms with Crippen molar-refractivity contribution in [1.29, 1.82) is 0 Å². The molecule has 0 aliphatic carbocycles. The SMILES string of the molecule is BC1(N2Cc3c(NCc4ccc(C(O)(O)N5CCOCC5)cc4F)cccc3C2=O)CCC(=O)NC1=O. The summed E-state index contributed by atoms with van der Waals surface area (Å²) in [4.78, 5) is 40.3. The molecule has 194 valence electrons. The molecular weight excluding hydrogens is 482 g/mol. The van der Waals surface area contributed by atoms with Gasteiger partial charge in [-0.15, -0.1) is 0 Å². The number of amides is 3. The Morgan fingerprint density at radius 2 is 1.92 bits per heavy atom. The quantitative estimate of drug-likeness (QED) is 0.234. The van der Waals surface area contributed by atoms with E-state index in [0.717, 1.165) is 6.07 Å². The highest BCUT2D eigenvalue weighted by Crippen LogP contribution is 2.36. The minimum absolute atomic E-state index is 0.0231. The van der Waals surface area contributed by atoms with E-state index < -0.39 is 23.1 Å². The van der Waals surface area contributed by atoms with Gasteiger partial charge >= 0.3 is 0 Å². The molecule has 2 aromatic rings. The van der Waals surface area contributed by atoms with Crippen molar-refractivity contribution in [3.8, 4) is 0 Å². The van der Waals surface area contributed by atoms with Crippen molar-refractivity contribution in [3.63, 3.8) is 0 Å². The predicted octanol–water partition coefficient (Wildman–Crippen LogP) is -0.413. The van der Waals surface area contributed by atoms with Crippen molar-refractivity contribution in [3.05, 3.63) is 64.5 Å². The fourth-order valence-electron chi connectivity index (χ4n) is 5.10. The first-order valence-electron chi connectivity index (χ1n) is 12.2. The number of anilines is 1. The Kier molecular flexibility index (Phi) is 6.53. The summed E-state index contributed by atoms with van der Waals surface area (Å²) in [6.45, 7) is 1.60. The number of imide groups is 1. The molecule has 2 saturated heterocycles. The smallest absolute Gasteiger partial charge is 0.254 e. The van der Waals surface area contributed by atoms with Gasteiger partial charge in [-0.1, -0.05) is 18.2 Å². The van der Waals surface area contributed by atoms with E-state index in [0.29, 0.717) is 48.7 Å². The molecule has 0 aromatic heterocycles. The molecule has 3 aliphatic rings. The van der Waals surface area contributed by atoms with E-state index >= 15 is 0 Å². The predicted molar refractivity (Wildman–Crippen MR) is 132 cm³/mol. The van der Waals surface area contributed by atoms with Crippen molar-refractivity contribution in [1.82, 2.24) is 15.1 Å². The zero-order valence-corrected chi connectivity index (χ0v) is 20.4. The van der Waals surface area contributed by atoms with Crippen LogP contribution in [-0.4, -0.2) is 77.3 Å². The van der Waals surface area contributed by atoms with E-state index in [9.17, 15) is 29.0 Å². The largest absolute Gasteiger partial charge is 0.381 e. The van der Waals surface area contributed by atoms with Gasteiger partial charge in [-0.3, -0.25) is 19.7 Å². The number of nitrogens with one attached hydrogen (secondary N) is 2. The first-order chi connectivity index (χ1) is 17.6. The Labute approximate surface area is 213 Å². The lowest BCUT2D eigenvalue weighted by Gasteiger charge is -2.40. The number of ether oxygens (including phenoxy) is 1. The first-order valence-corrected chi connectivity index (χ1v) is 12.2. The second-order valence-electron chi connectivity index (χ2n) is 9.77. The van der Waals surface area contributed by atoms with Gasteiger partial charge in [0.05, 0.1) is 18.7 Å². The molecule has 3 amide bonds. The molecule has 12 heteroatoms. The highest BCUT2D eigenvalue weighted by molar-refractivity contribution is 6.32. The highest BCUT2D eigenvalue weighted by atomic mass is 19.1. The van der Waals surface area contributed by atoms with Gasteiger partial charge in [0.2, 0.25) is 11.8 Å². The maximum atomic E-state index is 15.0. The minimum Gasteiger partial charge on any atom is -0.381 e. The lowest BCUT2D eigenvalue weighted by Crippen LogP contribution is -2.63. The molecule has 3 heterocycles. The number of carbonyl (C=O) groups is 3. The third-order valence-electron chi connectivity index (χ3n) is 7.51. The Hall–Kier alpha value is -3.32. The first kappa shape index (κ1) is 25.3. The minimum atomic E-state index is -2.31. The number of hydrogen-bond acceptors (Lipinski definition) is 8. The van der Waals surface area contributed by atoms with Gasteiger partial charge in [0.15, 0.2) is 0 Å². The van der Waals surface area contributed by atoms with Gasteiger partial charge in [-0.25, -0.2) is 9.29 Å². The Bertz CT molecular complexity index is 1270. The summed E-state index contributed by atoms with van der Waals surface area (Å²) in [5.41, 5.74) is 0.937. The van der Waals surface area contributed by atoms with Crippen molar-refractivity contribution >= 4 is 31.3 Å². The molecule has 1 unspecified atom stereocenters. The Balaban J connectivity index is 1.32. The summed E-state index contributed by atoms with van der Waals surface area (Å²) < 4.78 is 20.2. The third-order valence-corrected chi connectivity index (χ3v) is 7.51. The van der Waals surface area contributed by atoms with Crippen LogP contribution in [-0.2, 0) is 33.3 Å². The summed E-state index contributed by atoms with van der Waals surface area (Å²) in [5.74, 6) is -4.07. The van der Waals surface area contributed by atoms with E-state index in [-0.39, 0.29) is 43.3 Å². The number of piperidine rings is 1. The zero-order chi connectivity index (χ0) is 26.4. The summed E-state index contributed by atoms with van der Waals surface area (Å²) in [6, 6.07) is 9.24. The second-order valence-corrected chi connectivity index (χ2v) is 9.77. The van der Waals surface area contributed by atoms with Crippen molar-refractivity contribution in [2.45, 2.75) is 37.3 Å². The van der Waals surface area contributed by atoms with Gasteiger partial charge in [0, 0.05) is 60.5 Å². The van der Waals surface area contributed by atoms with Crippen LogP contribution in [0.15, 0.2) is 36.4 Å². The summed E-state index contributed by atoms with van der Waals surface area (Å²) >= 11 is 0. The van der Waals surface area contributed by atoms with E-state index in [1.54, 1.807) is 26.0 Å². The van der Waals surface area contributed by atoms with Crippen molar-refractivity contribution in [2.75, 3.05) is 31.6 Å². The van der Waals surface area contributed by atoms with Gasteiger partial charge in [0.25, 0.3) is 11.8 Å². The summed E-state index contributed by atoms with van der Waals surface area (Å²) in [6.07, 6.45) is 0.386. The molecule has 10 nitrogen and oxygen atoms in total. The molecule has 37 heavy (non-hydrogen) atoms. The Morgan fingerprint density at radius 1 is 1.16 bits per heavy atom. The van der Waals surface area contributed by atoms with Crippen LogP contribution in [0.1, 0.15) is 39.9 Å². The topological polar surface area (TPSA) is 131 Å². The van der Waals surface area contributed by atoms with E-state index in [4.69, 9.17) is 4.74 Å². The van der Waals surface area contributed by atoms with Gasteiger partial charge < -0.3 is 25.2 Å². The number of morpholine rings is 1. The molecule has 2 fully saturated rings. The highest BCUT2D eigenvalue weighted by Gasteiger charge is 2.48. The van der Waals surface area contributed by atoms with Crippen LogP contribution in [0.4, 0.5) is 10.1 Å². The van der Waals surface area contributed by atoms with Crippen LogP contribution in [0.5, 0.6) is 0 Å². The van der Waals surface area contributed by atoms with E-state index in [2.05, 4.69) is 10.6 Å². The fraction of sp³-hybridized carbons (Fsp3) is 0.400. The monoisotopic (exact) mass is 510 g/mol. The van der Waals surface area contributed by atoms with Crippen molar-refractivity contribution < 1.29 is 33.7 Å². The lowest BCUT2D eigenvalue weighted by atomic mass is 9.70. The summed E-state index contributed by atoms with van der Waals surface area (Å²) in [5, 5.41) is 26.7. The van der Waals surface area contributed by atoms with Crippen LogP contribution >= 0.6 is 0 Å². The van der Waals surface area contributed by atoms with Crippen LogP contribution < -0.4 is 10.6 Å². The number of benzene rings is 2. The van der Waals surface area contributed by atoms with Crippen LogP contribution in [0.2, 0.25) is 0 Å². The number of aliphatic hydroxyl groups is 2. The normalized spacial score (nSPS) is 22.7. The maximum Gasteiger partial charge on any atom is 0.254 e. The summed E-state index contributed by atoms with van der Waals surface area (Å²) in [7, 11) is 1.65. The maximum absolute atomic E-state index is 15.0. The van der Waals surface area contributed by atoms with Crippen LogP contribution in [0.25, 0.3) is 0 Å². The molecule has 0 spiro atoms. The van der Waals surface area contributed by atoms with E-state index in [1.165, 1.54) is 21.9 Å². The number of carbonyl (C=O) groups excluding carboxylic acids is 3. The Morgan fingerprint density at radius 3 is 2.62 bits per heavy atom. The molecule has 1 atom stereocenters. The average Bonchev–Trinajstić information content (AvgIpc) is 3.24. The molecule has 0 radical (unpaired) electrons. The number of rotatable bonds is 6. The lowest BCUT2D eigenvalue weighted by molar-refractivity contribution is -0.287. The number of nitrogens with zero attached hydrogens (tertiary/aromatic N) is 2. The van der Waals surface area contributed by atoms with Crippen molar-refractivity contribution in [2.24, 2.45) is 0 Å². The van der Waals surface area contributed by atoms with Crippen LogP contribution in [0.3, 0.4) is 0 Å². The molecule has 0 saturated carbocycles. The second kappa shape index (κ2) is 9.53. The average molecular weight is 510 g/mol. The number of hydrogen-bond donors (Lipinski definition) is 4. The molecular formula is C25H28BFN4O6. The molecule has 2 aromatic carbocycles.